The highest BCUT2D eigenvalue weighted by Crippen LogP contribution is 2.11. The quantitative estimate of drug-likeness (QED) is 0.795. The van der Waals surface area contributed by atoms with Crippen molar-refractivity contribution in [1.29, 1.82) is 0 Å². The van der Waals surface area contributed by atoms with E-state index in [1.807, 2.05) is 6.92 Å². The average Bonchev–Trinajstić information content (AvgIpc) is 2.53. The lowest BCUT2D eigenvalue weighted by molar-refractivity contribution is 0.100. The minimum atomic E-state index is -0.391. The summed E-state index contributed by atoms with van der Waals surface area (Å²) in [6.45, 7) is 6.24. The van der Waals surface area contributed by atoms with Crippen molar-refractivity contribution >= 4 is 17.2 Å². The van der Waals surface area contributed by atoms with E-state index in [0.717, 1.165) is 11.4 Å². The summed E-state index contributed by atoms with van der Waals surface area (Å²) in [7, 11) is 0. The number of nitrogens with two attached hydrogens (primary N) is 1. The molecule has 74 valence electrons. The Morgan fingerprint density at radius 1 is 1.54 bits per heavy atom. The predicted octanol–water partition coefficient (Wildman–Crippen LogP) is 2.22. The van der Waals surface area contributed by atoms with Crippen molar-refractivity contribution < 1.29 is 4.79 Å². The van der Waals surface area contributed by atoms with Crippen LogP contribution in [0.15, 0.2) is 6.20 Å². The molecule has 0 aliphatic heterocycles. The molecule has 1 rings (SSSR count). The zero-order chi connectivity index (χ0) is 10.3. The molecule has 2 N–H and O–H groups in total. The van der Waals surface area contributed by atoms with Crippen molar-refractivity contribution in [3.05, 3.63) is 16.1 Å². The average molecular weight is 200 g/mol. The van der Waals surface area contributed by atoms with Crippen LogP contribution in [0.1, 0.15) is 41.9 Å². The number of thiazole rings is 1. The second kappa shape index (κ2) is 6.60. The molecule has 4 heteroatoms. The van der Waals surface area contributed by atoms with E-state index in [1.165, 1.54) is 24.0 Å². The third-order valence-electron chi connectivity index (χ3n) is 1.10. The molecule has 0 aromatic carbocycles. The number of nitrogens with zero attached hydrogens (tertiary/aromatic N) is 1. The molecule has 0 spiro atoms. The molecule has 0 aliphatic carbocycles. The molecule has 0 atom stereocenters. The monoisotopic (exact) mass is 200 g/mol. The highest BCUT2D eigenvalue weighted by Gasteiger charge is 2.03. The fourth-order valence-electron chi connectivity index (χ4n) is 0.588. The summed E-state index contributed by atoms with van der Waals surface area (Å²) < 4.78 is 0. The Bertz CT molecular complexity index is 258. The van der Waals surface area contributed by atoms with Gasteiger partial charge in [-0.2, -0.15) is 0 Å². The van der Waals surface area contributed by atoms with Gasteiger partial charge < -0.3 is 5.73 Å². The second-order valence-corrected chi connectivity index (χ2v) is 3.66. The first kappa shape index (κ1) is 12.1. The zero-order valence-corrected chi connectivity index (χ0v) is 9.15. The summed E-state index contributed by atoms with van der Waals surface area (Å²) in [4.78, 5) is 15.0. The summed E-state index contributed by atoms with van der Waals surface area (Å²) in [5, 5.41) is 0.953. The van der Waals surface area contributed by atoms with Crippen molar-refractivity contribution in [1.82, 2.24) is 4.98 Å². The van der Waals surface area contributed by atoms with Crippen LogP contribution < -0.4 is 5.73 Å². The van der Waals surface area contributed by atoms with Gasteiger partial charge in [0.25, 0.3) is 5.91 Å². The van der Waals surface area contributed by atoms with E-state index in [2.05, 4.69) is 18.8 Å². The highest BCUT2D eigenvalue weighted by molar-refractivity contribution is 7.13. The summed E-state index contributed by atoms with van der Waals surface area (Å²) in [6.07, 6.45) is 3.63. The van der Waals surface area contributed by atoms with Gasteiger partial charge in [-0.1, -0.05) is 27.2 Å². The lowest BCUT2D eigenvalue weighted by atomic mass is 10.5. The molecule has 0 unspecified atom stereocenters. The molecule has 1 amide bonds. The number of hydrogen-bond donors (Lipinski definition) is 1. The predicted molar refractivity (Wildman–Crippen MR) is 56.0 cm³/mol. The van der Waals surface area contributed by atoms with E-state index in [0.29, 0.717) is 4.88 Å². The van der Waals surface area contributed by atoms with E-state index in [1.54, 1.807) is 0 Å². The fourth-order valence-corrected chi connectivity index (χ4v) is 1.30. The molecule has 0 bridgehead atoms. The van der Waals surface area contributed by atoms with Crippen LogP contribution in [0.4, 0.5) is 0 Å². The SMILES string of the molecule is CCC.CCc1ncc(C(N)=O)s1. The minimum absolute atomic E-state index is 0.391. The van der Waals surface area contributed by atoms with Gasteiger partial charge in [0, 0.05) is 0 Å². The van der Waals surface area contributed by atoms with Crippen LogP contribution in [0.2, 0.25) is 0 Å². The van der Waals surface area contributed by atoms with Gasteiger partial charge in [-0.15, -0.1) is 11.3 Å². The topological polar surface area (TPSA) is 56.0 Å². The Morgan fingerprint density at radius 3 is 2.31 bits per heavy atom. The molecule has 3 nitrogen and oxygen atoms in total. The molecule has 1 aromatic rings. The van der Waals surface area contributed by atoms with Gasteiger partial charge in [-0.05, 0) is 6.42 Å². The summed E-state index contributed by atoms with van der Waals surface area (Å²) in [5.74, 6) is -0.391. The fraction of sp³-hybridized carbons (Fsp3) is 0.556. The van der Waals surface area contributed by atoms with Gasteiger partial charge in [-0.25, -0.2) is 4.98 Å². The first-order chi connectivity index (χ1) is 6.15. The van der Waals surface area contributed by atoms with Crippen LogP contribution in [0.25, 0.3) is 0 Å². The Labute approximate surface area is 83.0 Å². The maximum absolute atomic E-state index is 10.5. The largest absolute Gasteiger partial charge is 0.365 e. The normalized spacial score (nSPS) is 8.85. The van der Waals surface area contributed by atoms with Gasteiger partial charge >= 0.3 is 0 Å². The maximum atomic E-state index is 10.5. The lowest BCUT2D eigenvalue weighted by Gasteiger charge is -1.82. The van der Waals surface area contributed by atoms with Gasteiger partial charge in [0.2, 0.25) is 0 Å². The minimum Gasteiger partial charge on any atom is -0.365 e. The first-order valence-corrected chi connectivity index (χ1v) is 5.21. The van der Waals surface area contributed by atoms with Crippen molar-refractivity contribution in [2.45, 2.75) is 33.6 Å². The molecule has 1 heterocycles. The Kier molecular flexibility index (Phi) is 6.14. The van der Waals surface area contributed by atoms with Crippen molar-refractivity contribution in [2.75, 3.05) is 0 Å². The molecule has 0 saturated carbocycles. The van der Waals surface area contributed by atoms with Crippen LogP contribution in [-0.4, -0.2) is 10.9 Å². The highest BCUT2D eigenvalue weighted by atomic mass is 32.1. The lowest BCUT2D eigenvalue weighted by Crippen LogP contribution is -2.08. The summed E-state index contributed by atoms with van der Waals surface area (Å²) in [6, 6.07) is 0. The van der Waals surface area contributed by atoms with Crippen LogP contribution >= 0.6 is 11.3 Å². The third kappa shape index (κ3) is 4.62. The number of amides is 1. The number of carbonyl (C=O) groups is 1. The number of aryl methyl sites for hydroxylation is 1. The van der Waals surface area contributed by atoms with E-state index in [4.69, 9.17) is 5.73 Å². The van der Waals surface area contributed by atoms with Gasteiger partial charge in [0.05, 0.1) is 11.2 Å². The summed E-state index contributed by atoms with van der Waals surface area (Å²) >= 11 is 1.36. The van der Waals surface area contributed by atoms with Crippen LogP contribution in [0.3, 0.4) is 0 Å². The Hall–Kier alpha value is -0.900. The molecule has 1 aromatic heterocycles. The number of aromatic nitrogens is 1. The standard InChI is InChI=1S/C6H8N2OS.C3H8/c1-2-5-8-3-4(10-5)6(7)9;1-3-2/h3H,2H2,1H3,(H2,7,9);3H2,1-2H3. The van der Waals surface area contributed by atoms with Crippen molar-refractivity contribution in [3.8, 4) is 0 Å². The second-order valence-electron chi connectivity index (χ2n) is 2.54. The van der Waals surface area contributed by atoms with E-state index < -0.39 is 5.91 Å². The maximum Gasteiger partial charge on any atom is 0.260 e. The van der Waals surface area contributed by atoms with Crippen LogP contribution in [0, 0.1) is 0 Å². The van der Waals surface area contributed by atoms with E-state index in [-0.39, 0.29) is 0 Å². The number of primary amides is 1. The smallest absolute Gasteiger partial charge is 0.260 e. The van der Waals surface area contributed by atoms with Gasteiger partial charge in [0.15, 0.2) is 0 Å². The van der Waals surface area contributed by atoms with Crippen LogP contribution in [0.5, 0.6) is 0 Å². The first-order valence-electron chi connectivity index (χ1n) is 4.40. The zero-order valence-electron chi connectivity index (χ0n) is 8.33. The number of rotatable bonds is 2. The molecule has 0 fully saturated rings. The Morgan fingerprint density at radius 2 is 2.08 bits per heavy atom. The molecule has 0 radical (unpaired) electrons. The van der Waals surface area contributed by atoms with E-state index >= 15 is 0 Å². The van der Waals surface area contributed by atoms with Gasteiger partial charge in [0.1, 0.15) is 4.88 Å². The molecule has 0 saturated heterocycles. The Balaban J connectivity index is 0.000000424. The summed E-state index contributed by atoms with van der Waals surface area (Å²) in [5.41, 5.74) is 5.01. The number of carbonyl (C=O) groups excluding carboxylic acids is 1. The van der Waals surface area contributed by atoms with Crippen molar-refractivity contribution in [3.63, 3.8) is 0 Å². The van der Waals surface area contributed by atoms with E-state index in [9.17, 15) is 4.79 Å². The van der Waals surface area contributed by atoms with Crippen molar-refractivity contribution in [2.24, 2.45) is 5.73 Å². The number of hydrogen-bond acceptors (Lipinski definition) is 3. The van der Waals surface area contributed by atoms with Crippen LogP contribution in [-0.2, 0) is 6.42 Å². The molecular weight excluding hydrogens is 184 g/mol. The third-order valence-corrected chi connectivity index (χ3v) is 2.26. The van der Waals surface area contributed by atoms with Gasteiger partial charge in [-0.3, -0.25) is 4.79 Å². The molecule has 0 aliphatic rings. The molecule has 13 heavy (non-hydrogen) atoms. The molecular formula is C9H16N2OS.